The zero-order chi connectivity index (χ0) is 13.2. The van der Waals surface area contributed by atoms with Crippen molar-refractivity contribution in [1.82, 2.24) is 14.8 Å². The fourth-order valence-electron chi connectivity index (χ4n) is 2.10. The molecule has 3 heterocycles. The molecule has 3 aromatic rings. The van der Waals surface area contributed by atoms with Gasteiger partial charge >= 0.3 is 0 Å². The van der Waals surface area contributed by atoms with Crippen molar-refractivity contribution in [2.45, 2.75) is 25.8 Å². The van der Waals surface area contributed by atoms with Crippen molar-refractivity contribution in [3.8, 4) is 0 Å². The van der Waals surface area contributed by atoms with Crippen LogP contribution in [0.15, 0.2) is 29.9 Å². The predicted molar refractivity (Wildman–Crippen MR) is 80.5 cm³/mol. The van der Waals surface area contributed by atoms with Gasteiger partial charge in [0, 0.05) is 33.9 Å². The van der Waals surface area contributed by atoms with E-state index in [1.54, 1.807) is 11.3 Å². The third kappa shape index (κ3) is 2.57. The van der Waals surface area contributed by atoms with E-state index in [0.717, 1.165) is 23.5 Å². The topological polar surface area (TPSA) is 55.3 Å². The molecule has 0 aliphatic carbocycles. The normalized spacial score (nSPS) is 13.2. The Hall–Kier alpha value is -1.21. The van der Waals surface area contributed by atoms with Crippen LogP contribution in [0, 0.1) is 0 Å². The minimum Gasteiger partial charge on any atom is -0.297 e. The summed E-state index contributed by atoms with van der Waals surface area (Å²) in [6.45, 7) is 2.17. The van der Waals surface area contributed by atoms with E-state index in [1.807, 2.05) is 22.9 Å². The minimum atomic E-state index is 0.134. The Morgan fingerprint density at radius 3 is 3.05 bits per heavy atom. The van der Waals surface area contributed by atoms with E-state index < -0.39 is 0 Å². The first-order valence-electron chi connectivity index (χ1n) is 6.26. The number of hydrogen-bond donors (Lipinski definition) is 2. The number of aromatic nitrogens is 2. The first-order chi connectivity index (χ1) is 9.30. The summed E-state index contributed by atoms with van der Waals surface area (Å²) < 4.78 is 2.06. The standard InChI is InChI=1S/C13H16N4S2/c1-2-10-3-4-12(19-10)11(16-14)7-9-8-17-5-6-18-13(17)15-9/h3-6,8,11,16H,2,7,14H2,1H3. The lowest BCUT2D eigenvalue weighted by Gasteiger charge is -2.12. The van der Waals surface area contributed by atoms with Crippen LogP contribution in [0.1, 0.15) is 28.4 Å². The number of hydrogen-bond acceptors (Lipinski definition) is 5. The van der Waals surface area contributed by atoms with Gasteiger partial charge in [-0.1, -0.05) is 6.92 Å². The van der Waals surface area contributed by atoms with E-state index in [2.05, 4.69) is 40.1 Å². The lowest BCUT2D eigenvalue weighted by molar-refractivity contribution is 0.555. The van der Waals surface area contributed by atoms with Crippen molar-refractivity contribution in [2.24, 2.45) is 5.84 Å². The molecule has 0 radical (unpaired) electrons. The van der Waals surface area contributed by atoms with Crippen LogP contribution >= 0.6 is 22.7 Å². The van der Waals surface area contributed by atoms with Crippen LogP contribution in [0.5, 0.6) is 0 Å². The summed E-state index contributed by atoms with van der Waals surface area (Å²) in [6.07, 6.45) is 5.99. The molecule has 3 N–H and O–H groups in total. The molecule has 100 valence electrons. The molecule has 0 fully saturated rings. The third-order valence-corrected chi connectivity index (χ3v) is 5.25. The van der Waals surface area contributed by atoms with Gasteiger partial charge in [0.25, 0.3) is 0 Å². The molecule has 1 unspecified atom stereocenters. The monoisotopic (exact) mass is 292 g/mol. The maximum absolute atomic E-state index is 5.70. The summed E-state index contributed by atoms with van der Waals surface area (Å²) in [5.41, 5.74) is 3.98. The van der Waals surface area contributed by atoms with E-state index in [0.29, 0.717) is 0 Å². The van der Waals surface area contributed by atoms with E-state index in [9.17, 15) is 0 Å². The number of fused-ring (bicyclic) bond motifs is 1. The number of thiophene rings is 1. The SMILES string of the molecule is CCc1ccc(C(Cc2cn3ccsc3n2)NN)s1. The first-order valence-corrected chi connectivity index (χ1v) is 7.95. The Bertz CT molecular complexity index is 638. The van der Waals surface area contributed by atoms with E-state index >= 15 is 0 Å². The fraction of sp³-hybridized carbons (Fsp3) is 0.308. The Morgan fingerprint density at radius 1 is 1.47 bits per heavy atom. The maximum atomic E-state index is 5.70. The highest BCUT2D eigenvalue weighted by molar-refractivity contribution is 7.15. The molecule has 3 aromatic heterocycles. The predicted octanol–water partition coefficient (Wildman–Crippen LogP) is 2.77. The number of imidazole rings is 1. The third-order valence-electron chi connectivity index (χ3n) is 3.13. The molecule has 0 aromatic carbocycles. The molecule has 0 aliphatic heterocycles. The van der Waals surface area contributed by atoms with Gasteiger partial charge in [0.2, 0.25) is 0 Å². The van der Waals surface area contributed by atoms with Crippen molar-refractivity contribution in [1.29, 1.82) is 0 Å². The molecule has 4 nitrogen and oxygen atoms in total. The molecular formula is C13H16N4S2. The zero-order valence-corrected chi connectivity index (χ0v) is 12.3. The second-order valence-electron chi connectivity index (χ2n) is 4.41. The van der Waals surface area contributed by atoms with Crippen molar-refractivity contribution >= 4 is 27.6 Å². The van der Waals surface area contributed by atoms with Crippen LogP contribution in [0.2, 0.25) is 0 Å². The van der Waals surface area contributed by atoms with Gasteiger partial charge in [-0.25, -0.2) is 4.98 Å². The smallest absolute Gasteiger partial charge is 0.193 e. The molecule has 6 heteroatoms. The largest absolute Gasteiger partial charge is 0.297 e. The van der Waals surface area contributed by atoms with E-state index in [1.165, 1.54) is 9.75 Å². The second-order valence-corrected chi connectivity index (χ2v) is 6.48. The highest BCUT2D eigenvalue weighted by Crippen LogP contribution is 2.26. The molecular weight excluding hydrogens is 276 g/mol. The van der Waals surface area contributed by atoms with Crippen LogP contribution in [0.25, 0.3) is 4.96 Å². The van der Waals surface area contributed by atoms with E-state index in [4.69, 9.17) is 5.84 Å². The van der Waals surface area contributed by atoms with Crippen LogP contribution in [0.4, 0.5) is 0 Å². The van der Waals surface area contributed by atoms with Gasteiger partial charge in [0.1, 0.15) is 0 Å². The van der Waals surface area contributed by atoms with Crippen molar-refractivity contribution in [3.05, 3.63) is 45.4 Å². The summed E-state index contributed by atoms with van der Waals surface area (Å²) in [5.74, 6) is 5.70. The summed E-state index contributed by atoms with van der Waals surface area (Å²) >= 11 is 3.47. The summed E-state index contributed by atoms with van der Waals surface area (Å²) in [6, 6.07) is 4.47. The number of nitrogens with one attached hydrogen (secondary N) is 1. The molecule has 0 spiro atoms. The molecule has 0 aliphatic rings. The van der Waals surface area contributed by atoms with Gasteiger partial charge in [-0.15, -0.1) is 22.7 Å². The molecule has 0 amide bonds. The fourth-order valence-corrected chi connectivity index (χ4v) is 3.83. The number of nitrogens with two attached hydrogens (primary N) is 1. The van der Waals surface area contributed by atoms with Gasteiger partial charge in [-0.2, -0.15) is 0 Å². The van der Waals surface area contributed by atoms with Gasteiger partial charge in [0.05, 0.1) is 11.7 Å². The Balaban J connectivity index is 1.80. The lowest BCUT2D eigenvalue weighted by atomic mass is 10.1. The Morgan fingerprint density at radius 2 is 2.37 bits per heavy atom. The molecule has 1 atom stereocenters. The number of aryl methyl sites for hydroxylation is 1. The van der Waals surface area contributed by atoms with Crippen LogP contribution in [0.3, 0.4) is 0 Å². The highest BCUT2D eigenvalue weighted by atomic mass is 32.1. The van der Waals surface area contributed by atoms with Gasteiger partial charge < -0.3 is 0 Å². The Labute approximate surface area is 119 Å². The summed E-state index contributed by atoms with van der Waals surface area (Å²) in [5, 5.41) is 2.04. The van der Waals surface area contributed by atoms with E-state index in [-0.39, 0.29) is 6.04 Å². The molecule has 19 heavy (non-hydrogen) atoms. The summed E-state index contributed by atoms with van der Waals surface area (Å²) in [4.78, 5) is 8.30. The molecule has 3 rings (SSSR count). The van der Waals surface area contributed by atoms with Crippen LogP contribution in [-0.4, -0.2) is 9.38 Å². The molecule has 0 saturated carbocycles. The summed E-state index contributed by atoms with van der Waals surface area (Å²) in [7, 11) is 0. The number of nitrogens with zero attached hydrogens (tertiary/aromatic N) is 2. The van der Waals surface area contributed by atoms with Crippen molar-refractivity contribution < 1.29 is 0 Å². The molecule has 0 bridgehead atoms. The second kappa shape index (κ2) is 5.42. The average Bonchev–Trinajstić information content (AvgIpc) is 3.10. The number of hydrazine groups is 1. The van der Waals surface area contributed by atoms with Crippen molar-refractivity contribution in [2.75, 3.05) is 0 Å². The Kier molecular flexibility index (Phi) is 3.65. The average molecular weight is 292 g/mol. The quantitative estimate of drug-likeness (QED) is 0.561. The van der Waals surface area contributed by atoms with Gasteiger partial charge in [0.15, 0.2) is 4.96 Å². The van der Waals surface area contributed by atoms with Crippen LogP contribution in [-0.2, 0) is 12.8 Å². The van der Waals surface area contributed by atoms with Crippen LogP contribution < -0.4 is 11.3 Å². The maximum Gasteiger partial charge on any atom is 0.193 e. The molecule has 0 saturated heterocycles. The highest BCUT2D eigenvalue weighted by Gasteiger charge is 2.15. The minimum absolute atomic E-state index is 0.134. The number of rotatable bonds is 5. The first kappa shape index (κ1) is 12.8. The van der Waals surface area contributed by atoms with Gasteiger partial charge in [-0.3, -0.25) is 15.7 Å². The van der Waals surface area contributed by atoms with Gasteiger partial charge in [-0.05, 0) is 18.6 Å². The lowest BCUT2D eigenvalue weighted by Crippen LogP contribution is -2.29. The zero-order valence-electron chi connectivity index (χ0n) is 10.7. The van der Waals surface area contributed by atoms with Crippen molar-refractivity contribution in [3.63, 3.8) is 0 Å². The number of thiazole rings is 1.